The van der Waals surface area contributed by atoms with Crippen molar-refractivity contribution < 1.29 is 9.53 Å². The van der Waals surface area contributed by atoms with Gasteiger partial charge in [-0.1, -0.05) is 23.7 Å². The van der Waals surface area contributed by atoms with Crippen LogP contribution < -0.4 is 5.73 Å². The number of hydrogen-bond donors (Lipinski definition) is 1. The van der Waals surface area contributed by atoms with E-state index in [1.54, 1.807) is 0 Å². The van der Waals surface area contributed by atoms with Gasteiger partial charge in [-0.3, -0.25) is 9.69 Å². The van der Waals surface area contributed by atoms with Gasteiger partial charge in [0.05, 0.1) is 13.7 Å². The van der Waals surface area contributed by atoms with Gasteiger partial charge in [0.1, 0.15) is 0 Å². The van der Waals surface area contributed by atoms with Crippen molar-refractivity contribution in [3.05, 3.63) is 34.9 Å². The molecule has 2 unspecified atom stereocenters. The van der Waals surface area contributed by atoms with Gasteiger partial charge in [-0.05, 0) is 36.5 Å². The maximum atomic E-state index is 11.4. The third-order valence-electron chi connectivity index (χ3n) is 3.64. The molecule has 0 bridgehead atoms. The molecule has 1 heterocycles. The highest BCUT2D eigenvalue weighted by molar-refractivity contribution is 6.30. The second kappa shape index (κ2) is 7.07. The van der Waals surface area contributed by atoms with Crippen molar-refractivity contribution in [2.24, 2.45) is 11.7 Å². The number of nitrogens with two attached hydrogens (primary N) is 1. The summed E-state index contributed by atoms with van der Waals surface area (Å²) in [5, 5.41) is 0.758. The van der Waals surface area contributed by atoms with Gasteiger partial charge in [0.2, 0.25) is 0 Å². The molecule has 2 rings (SSSR count). The minimum absolute atomic E-state index is 0.109. The van der Waals surface area contributed by atoms with Crippen LogP contribution in [0.15, 0.2) is 24.3 Å². The zero-order chi connectivity index (χ0) is 14.5. The molecule has 0 aromatic heterocycles. The number of nitrogens with zero attached hydrogens (tertiary/aromatic N) is 1. The van der Waals surface area contributed by atoms with Crippen LogP contribution in [0.1, 0.15) is 12.0 Å². The molecule has 1 aromatic carbocycles. The van der Waals surface area contributed by atoms with Gasteiger partial charge < -0.3 is 10.5 Å². The Labute approximate surface area is 124 Å². The number of esters is 1. The van der Waals surface area contributed by atoms with E-state index < -0.39 is 0 Å². The highest BCUT2D eigenvalue weighted by Crippen LogP contribution is 2.22. The van der Waals surface area contributed by atoms with Gasteiger partial charge in [-0.25, -0.2) is 0 Å². The highest BCUT2D eigenvalue weighted by atomic mass is 35.5. The fraction of sp³-hybridized carbons (Fsp3) is 0.533. The molecule has 1 fully saturated rings. The van der Waals surface area contributed by atoms with E-state index in [1.807, 2.05) is 18.2 Å². The van der Waals surface area contributed by atoms with Crippen molar-refractivity contribution in [2.45, 2.75) is 18.9 Å². The number of benzene rings is 1. The van der Waals surface area contributed by atoms with Crippen LogP contribution in [-0.4, -0.2) is 43.7 Å². The van der Waals surface area contributed by atoms with Crippen molar-refractivity contribution in [3.8, 4) is 0 Å². The molecule has 110 valence electrons. The van der Waals surface area contributed by atoms with E-state index in [4.69, 9.17) is 22.1 Å². The topological polar surface area (TPSA) is 55.6 Å². The first-order valence-corrected chi connectivity index (χ1v) is 7.24. The number of hydrogen-bond acceptors (Lipinski definition) is 4. The summed E-state index contributed by atoms with van der Waals surface area (Å²) in [6.07, 6.45) is 1.91. The summed E-state index contributed by atoms with van der Waals surface area (Å²) in [6.45, 7) is 1.94. The van der Waals surface area contributed by atoms with E-state index in [9.17, 15) is 4.79 Å². The van der Waals surface area contributed by atoms with Crippen LogP contribution in [0, 0.1) is 5.92 Å². The lowest BCUT2D eigenvalue weighted by atomic mass is 9.89. The Bertz CT molecular complexity index is 467. The third kappa shape index (κ3) is 4.47. The van der Waals surface area contributed by atoms with Crippen molar-refractivity contribution in [1.29, 1.82) is 0 Å². The average Bonchev–Trinajstić information content (AvgIpc) is 2.37. The van der Waals surface area contributed by atoms with Crippen molar-refractivity contribution in [3.63, 3.8) is 0 Å². The Morgan fingerprint density at radius 1 is 1.50 bits per heavy atom. The normalized spacial score (nSPS) is 23.6. The Hall–Kier alpha value is -1.10. The van der Waals surface area contributed by atoms with Gasteiger partial charge in [0.25, 0.3) is 0 Å². The molecular formula is C15H21ClN2O2. The number of piperidine rings is 1. The van der Waals surface area contributed by atoms with Crippen LogP contribution in [0.25, 0.3) is 0 Å². The second-order valence-electron chi connectivity index (χ2n) is 5.47. The lowest BCUT2D eigenvalue weighted by molar-refractivity contribution is -0.142. The summed E-state index contributed by atoms with van der Waals surface area (Å²) in [5.74, 6) is 0.238. The molecule has 0 spiro atoms. The van der Waals surface area contributed by atoms with Crippen LogP contribution in [-0.2, 0) is 16.0 Å². The maximum absolute atomic E-state index is 11.4. The largest absolute Gasteiger partial charge is 0.468 e. The maximum Gasteiger partial charge on any atom is 0.319 e. The Morgan fingerprint density at radius 2 is 2.30 bits per heavy atom. The Morgan fingerprint density at radius 3 is 3.00 bits per heavy atom. The van der Waals surface area contributed by atoms with Crippen LogP contribution in [0.5, 0.6) is 0 Å². The number of ether oxygens (including phenoxy) is 1. The number of carbonyl (C=O) groups is 1. The highest BCUT2D eigenvalue weighted by Gasteiger charge is 2.26. The number of halogens is 1. The molecule has 0 amide bonds. The molecule has 5 heteroatoms. The molecule has 20 heavy (non-hydrogen) atoms. The van der Waals surface area contributed by atoms with Crippen LogP contribution in [0.2, 0.25) is 5.02 Å². The Balaban J connectivity index is 1.95. The monoisotopic (exact) mass is 296 g/mol. The van der Waals surface area contributed by atoms with E-state index in [0.29, 0.717) is 12.5 Å². The van der Waals surface area contributed by atoms with Gasteiger partial charge >= 0.3 is 5.97 Å². The van der Waals surface area contributed by atoms with Crippen molar-refractivity contribution in [2.75, 3.05) is 26.7 Å². The van der Waals surface area contributed by atoms with Crippen LogP contribution >= 0.6 is 11.6 Å². The van der Waals surface area contributed by atoms with Crippen LogP contribution in [0.3, 0.4) is 0 Å². The molecule has 0 saturated carbocycles. The van der Waals surface area contributed by atoms with Crippen molar-refractivity contribution >= 4 is 17.6 Å². The summed E-state index contributed by atoms with van der Waals surface area (Å²) in [6, 6.07) is 8.02. The summed E-state index contributed by atoms with van der Waals surface area (Å²) < 4.78 is 4.72. The first-order valence-electron chi connectivity index (χ1n) is 6.86. The number of methoxy groups -OCH3 is 1. The molecule has 4 nitrogen and oxygen atoms in total. The minimum atomic E-state index is -0.208. The average molecular weight is 297 g/mol. The first-order chi connectivity index (χ1) is 9.56. The van der Waals surface area contributed by atoms with E-state index in [2.05, 4.69) is 11.0 Å². The SMILES string of the molecule is COC(=O)CN1CC(N)CC(Cc2cccc(Cl)c2)C1. The summed E-state index contributed by atoms with van der Waals surface area (Å²) >= 11 is 6.01. The standard InChI is InChI=1S/C15H21ClN2O2/c1-20-15(19)10-18-8-12(7-14(17)9-18)5-11-3-2-4-13(16)6-11/h2-4,6,12,14H,5,7-10,17H2,1H3. The fourth-order valence-corrected chi connectivity index (χ4v) is 3.08. The van der Waals surface area contributed by atoms with Gasteiger partial charge in [0, 0.05) is 24.2 Å². The predicted molar refractivity (Wildman–Crippen MR) is 79.7 cm³/mol. The Kier molecular flexibility index (Phi) is 5.40. The summed E-state index contributed by atoms with van der Waals surface area (Å²) in [5.41, 5.74) is 7.31. The van der Waals surface area contributed by atoms with E-state index in [0.717, 1.165) is 31.0 Å². The first kappa shape index (κ1) is 15.3. The second-order valence-corrected chi connectivity index (χ2v) is 5.90. The molecule has 1 aliphatic rings. The molecule has 1 saturated heterocycles. The number of rotatable bonds is 4. The predicted octanol–water partition coefficient (Wildman–Crippen LogP) is 1.70. The lowest BCUT2D eigenvalue weighted by Gasteiger charge is -2.35. The van der Waals surface area contributed by atoms with Gasteiger partial charge in [-0.2, -0.15) is 0 Å². The van der Waals surface area contributed by atoms with Gasteiger partial charge in [-0.15, -0.1) is 0 Å². The summed E-state index contributed by atoms with van der Waals surface area (Å²) in [7, 11) is 1.41. The van der Waals surface area contributed by atoms with E-state index >= 15 is 0 Å². The molecule has 1 aromatic rings. The molecular weight excluding hydrogens is 276 g/mol. The smallest absolute Gasteiger partial charge is 0.319 e. The summed E-state index contributed by atoms with van der Waals surface area (Å²) in [4.78, 5) is 13.5. The quantitative estimate of drug-likeness (QED) is 0.860. The van der Waals surface area contributed by atoms with E-state index in [-0.39, 0.29) is 12.0 Å². The number of carbonyl (C=O) groups excluding carboxylic acids is 1. The van der Waals surface area contributed by atoms with Crippen LogP contribution in [0.4, 0.5) is 0 Å². The van der Waals surface area contributed by atoms with Crippen molar-refractivity contribution in [1.82, 2.24) is 4.90 Å². The molecule has 1 aliphatic heterocycles. The van der Waals surface area contributed by atoms with E-state index in [1.165, 1.54) is 12.7 Å². The lowest BCUT2D eigenvalue weighted by Crippen LogP contribution is -2.49. The number of likely N-dealkylation sites (tertiary alicyclic amines) is 1. The zero-order valence-corrected chi connectivity index (χ0v) is 12.5. The van der Waals surface area contributed by atoms with Gasteiger partial charge in [0.15, 0.2) is 0 Å². The fourth-order valence-electron chi connectivity index (χ4n) is 2.87. The third-order valence-corrected chi connectivity index (χ3v) is 3.87. The minimum Gasteiger partial charge on any atom is -0.468 e. The molecule has 0 radical (unpaired) electrons. The zero-order valence-electron chi connectivity index (χ0n) is 11.7. The molecule has 0 aliphatic carbocycles. The molecule has 2 N–H and O–H groups in total. The molecule has 2 atom stereocenters.